The van der Waals surface area contributed by atoms with Gasteiger partial charge in [-0.1, -0.05) is 5.16 Å². The molecule has 6 heteroatoms. The summed E-state index contributed by atoms with van der Waals surface area (Å²) in [6.45, 7) is 0. The number of rotatable bonds is 2. The SMILES string of the molecule is O=C1CC[C@@H](c2nc(-c3ccc(F)cc3)no2)N1. The number of amides is 1. The molecule has 0 saturated carbocycles. The first kappa shape index (κ1) is 10.9. The highest BCUT2D eigenvalue weighted by Gasteiger charge is 2.27. The Labute approximate surface area is 102 Å². The summed E-state index contributed by atoms with van der Waals surface area (Å²) in [6.07, 6.45) is 1.13. The van der Waals surface area contributed by atoms with Crippen LogP contribution in [0.5, 0.6) is 0 Å². The second-order valence-electron chi connectivity index (χ2n) is 4.12. The Bertz CT molecular complexity index is 579. The number of hydrogen-bond donors (Lipinski definition) is 1. The van der Waals surface area contributed by atoms with Crippen LogP contribution < -0.4 is 5.32 Å². The van der Waals surface area contributed by atoms with Crippen LogP contribution in [0.4, 0.5) is 4.39 Å². The maximum absolute atomic E-state index is 12.8. The lowest BCUT2D eigenvalue weighted by atomic mass is 10.2. The Morgan fingerprint density at radius 2 is 2.11 bits per heavy atom. The van der Waals surface area contributed by atoms with Crippen molar-refractivity contribution in [3.63, 3.8) is 0 Å². The monoisotopic (exact) mass is 247 g/mol. The van der Waals surface area contributed by atoms with Gasteiger partial charge in [-0.15, -0.1) is 0 Å². The lowest BCUT2D eigenvalue weighted by Crippen LogP contribution is -2.18. The van der Waals surface area contributed by atoms with Gasteiger partial charge in [0.2, 0.25) is 17.6 Å². The van der Waals surface area contributed by atoms with Gasteiger partial charge in [-0.25, -0.2) is 4.39 Å². The molecular formula is C12H10FN3O2. The zero-order chi connectivity index (χ0) is 12.5. The van der Waals surface area contributed by atoms with Crippen LogP contribution >= 0.6 is 0 Å². The van der Waals surface area contributed by atoms with Crippen LogP contribution in [-0.2, 0) is 4.79 Å². The molecule has 1 atom stereocenters. The van der Waals surface area contributed by atoms with Crippen LogP contribution in [0.1, 0.15) is 24.8 Å². The van der Waals surface area contributed by atoms with Crippen molar-refractivity contribution in [2.75, 3.05) is 0 Å². The number of hydrogen-bond acceptors (Lipinski definition) is 4. The van der Waals surface area contributed by atoms with Crippen LogP contribution in [0.3, 0.4) is 0 Å². The molecule has 1 fully saturated rings. The molecule has 2 aromatic rings. The van der Waals surface area contributed by atoms with Gasteiger partial charge in [-0.2, -0.15) is 4.98 Å². The van der Waals surface area contributed by atoms with Gasteiger partial charge in [0.25, 0.3) is 0 Å². The summed E-state index contributed by atoms with van der Waals surface area (Å²) in [5.41, 5.74) is 0.677. The van der Waals surface area contributed by atoms with Gasteiger partial charge in [0.1, 0.15) is 11.9 Å². The fraction of sp³-hybridized carbons (Fsp3) is 0.250. The molecule has 1 N–H and O–H groups in total. The largest absolute Gasteiger partial charge is 0.344 e. The third-order valence-corrected chi connectivity index (χ3v) is 2.84. The normalized spacial score (nSPS) is 18.9. The van der Waals surface area contributed by atoms with Gasteiger partial charge >= 0.3 is 0 Å². The van der Waals surface area contributed by atoms with E-state index in [9.17, 15) is 9.18 Å². The molecule has 1 aromatic carbocycles. The fourth-order valence-electron chi connectivity index (χ4n) is 1.89. The first-order valence-electron chi connectivity index (χ1n) is 5.61. The predicted octanol–water partition coefficient (Wildman–Crippen LogP) is 1.83. The predicted molar refractivity (Wildman–Crippen MR) is 59.8 cm³/mol. The minimum Gasteiger partial charge on any atom is -0.344 e. The van der Waals surface area contributed by atoms with Crippen LogP contribution in [0.2, 0.25) is 0 Å². The molecule has 1 aliphatic heterocycles. The van der Waals surface area contributed by atoms with Crippen molar-refractivity contribution in [2.24, 2.45) is 0 Å². The second-order valence-corrected chi connectivity index (χ2v) is 4.12. The summed E-state index contributed by atoms with van der Waals surface area (Å²) in [5.74, 6) is 0.457. The molecule has 5 nitrogen and oxygen atoms in total. The molecule has 2 heterocycles. The van der Waals surface area contributed by atoms with E-state index in [1.165, 1.54) is 12.1 Å². The van der Waals surface area contributed by atoms with Crippen LogP contribution in [0, 0.1) is 5.82 Å². The summed E-state index contributed by atoms with van der Waals surface area (Å²) in [4.78, 5) is 15.3. The maximum atomic E-state index is 12.8. The number of nitrogens with one attached hydrogen (secondary N) is 1. The van der Waals surface area contributed by atoms with Gasteiger partial charge in [0.15, 0.2) is 0 Å². The van der Waals surface area contributed by atoms with E-state index in [2.05, 4.69) is 15.5 Å². The molecule has 0 spiro atoms. The summed E-state index contributed by atoms with van der Waals surface area (Å²) < 4.78 is 17.9. The van der Waals surface area contributed by atoms with E-state index in [0.29, 0.717) is 30.1 Å². The van der Waals surface area contributed by atoms with Crippen LogP contribution in [-0.4, -0.2) is 16.0 Å². The standard InChI is InChI=1S/C12H10FN3O2/c13-8-3-1-7(2-4-8)11-15-12(18-16-11)9-5-6-10(17)14-9/h1-4,9H,5-6H2,(H,14,17)/t9-/m0/s1. The van der Waals surface area contributed by atoms with Crippen molar-refractivity contribution in [1.29, 1.82) is 0 Å². The van der Waals surface area contributed by atoms with E-state index >= 15 is 0 Å². The summed E-state index contributed by atoms with van der Waals surface area (Å²) >= 11 is 0. The van der Waals surface area contributed by atoms with Gasteiger partial charge in [-0.3, -0.25) is 4.79 Å². The molecule has 0 bridgehead atoms. The minimum absolute atomic E-state index is 0.0125. The first-order valence-corrected chi connectivity index (χ1v) is 5.61. The number of aromatic nitrogens is 2. The Kier molecular flexibility index (Phi) is 2.55. The van der Waals surface area contributed by atoms with E-state index in [0.717, 1.165) is 0 Å². The number of carbonyl (C=O) groups excluding carboxylic acids is 1. The minimum atomic E-state index is -0.314. The molecule has 1 saturated heterocycles. The van der Waals surface area contributed by atoms with Crippen LogP contribution in [0.25, 0.3) is 11.4 Å². The zero-order valence-corrected chi connectivity index (χ0v) is 9.39. The third kappa shape index (κ3) is 1.97. The maximum Gasteiger partial charge on any atom is 0.249 e. The molecule has 0 unspecified atom stereocenters. The van der Waals surface area contributed by atoms with Crippen molar-refractivity contribution in [3.8, 4) is 11.4 Å². The van der Waals surface area contributed by atoms with Crippen molar-refractivity contribution in [3.05, 3.63) is 36.0 Å². The Morgan fingerprint density at radius 3 is 2.78 bits per heavy atom. The highest BCUT2D eigenvalue weighted by molar-refractivity contribution is 5.78. The Hall–Kier alpha value is -2.24. The van der Waals surface area contributed by atoms with Gasteiger partial charge < -0.3 is 9.84 Å². The number of benzene rings is 1. The molecule has 0 aliphatic carbocycles. The molecule has 1 aliphatic rings. The molecular weight excluding hydrogens is 237 g/mol. The molecule has 3 rings (SSSR count). The zero-order valence-electron chi connectivity index (χ0n) is 9.39. The molecule has 92 valence electrons. The van der Waals surface area contributed by atoms with E-state index in [1.54, 1.807) is 12.1 Å². The van der Waals surface area contributed by atoms with Gasteiger partial charge in [-0.05, 0) is 30.7 Å². The van der Waals surface area contributed by atoms with Crippen molar-refractivity contribution in [2.45, 2.75) is 18.9 Å². The quantitative estimate of drug-likeness (QED) is 0.879. The highest BCUT2D eigenvalue weighted by Crippen LogP contribution is 2.24. The molecule has 18 heavy (non-hydrogen) atoms. The number of nitrogens with zero attached hydrogens (tertiary/aromatic N) is 2. The van der Waals surface area contributed by atoms with E-state index in [1.807, 2.05) is 0 Å². The van der Waals surface area contributed by atoms with E-state index in [4.69, 9.17) is 4.52 Å². The van der Waals surface area contributed by atoms with Gasteiger partial charge in [0.05, 0.1) is 0 Å². The van der Waals surface area contributed by atoms with Crippen molar-refractivity contribution in [1.82, 2.24) is 15.5 Å². The second kappa shape index (κ2) is 4.21. The Balaban J connectivity index is 1.85. The topological polar surface area (TPSA) is 68.0 Å². The van der Waals surface area contributed by atoms with Crippen molar-refractivity contribution >= 4 is 5.91 Å². The first-order chi connectivity index (χ1) is 8.72. The third-order valence-electron chi connectivity index (χ3n) is 2.84. The molecule has 1 amide bonds. The van der Waals surface area contributed by atoms with E-state index < -0.39 is 0 Å². The number of halogens is 1. The molecule has 0 radical (unpaired) electrons. The lowest BCUT2D eigenvalue weighted by molar-refractivity contribution is -0.119. The average Bonchev–Trinajstić information content (AvgIpc) is 2.98. The van der Waals surface area contributed by atoms with E-state index in [-0.39, 0.29) is 17.8 Å². The summed E-state index contributed by atoms with van der Waals surface area (Å²) in [6, 6.07) is 5.62. The van der Waals surface area contributed by atoms with Crippen LogP contribution in [0.15, 0.2) is 28.8 Å². The smallest absolute Gasteiger partial charge is 0.249 e. The molecule has 1 aromatic heterocycles. The summed E-state index contributed by atoms with van der Waals surface area (Å²) in [5, 5.41) is 6.57. The fourth-order valence-corrected chi connectivity index (χ4v) is 1.89. The summed E-state index contributed by atoms with van der Waals surface area (Å²) in [7, 11) is 0. The Morgan fingerprint density at radius 1 is 1.33 bits per heavy atom. The van der Waals surface area contributed by atoms with Gasteiger partial charge in [0, 0.05) is 12.0 Å². The van der Waals surface area contributed by atoms with Crippen molar-refractivity contribution < 1.29 is 13.7 Å². The highest BCUT2D eigenvalue weighted by atomic mass is 19.1. The average molecular weight is 247 g/mol. The lowest BCUT2D eigenvalue weighted by Gasteiger charge is -2.01. The number of carbonyl (C=O) groups is 1.